The number of piperidine rings is 1. The van der Waals surface area contributed by atoms with E-state index in [4.69, 9.17) is 28.9 Å². The van der Waals surface area contributed by atoms with E-state index in [1.807, 2.05) is 18.2 Å². The van der Waals surface area contributed by atoms with Crippen molar-refractivity contribution in [2.75, 3.05) is 13.6 Å². The van der Waals surface area contributed by atoms with Crippen LogP contribution in [0.15, 0.2) is 18.2 Å². The normalized spacial score (nSPS) is 27.0. The van der Waals surface area contributed by atoms with Gasteiger partial charge < -0.3 is 5.73 Å². The van der Waals surface area contributed by atoms with Gasteiger partial charge in [-0.05, 0) is 38.1 Å². The Hall–Kier alpha value is -0.280. The molecule has 1 fully saturated rings. The van der Waals surface area contributed by atoms with Gasteiger partial charge in [0.15, 0.2) is 0 Å². The van der Waals surface area contributed by atoms with Crippen molar-refractivity contribution in [3.8, 4) is 0 Å². The zero-order chi connectivity index (χ0) is 11.7. The molecule has 0 spiro atoms. The highest BCUT2D eigenvalue weighted by Gasteiger charge is 2.27. The monoisotopic (exact) mass is 258 g/mol. The van der Waals surface area contributed by atoms with Gasteiger partial charge in [-0.3, -0.25) is 4.90 Å². The molecule has 0 saturated carbocycles. The summed E-state index contributed by atoms with van der Waals surface area (Å²) in [6, 6.07) is 6.34. The fourth-order valence-electron chi connectivity index (χ4n) is 2.25. The first kappa shape index (κ1) is 12.2. The average molecular weight is 259 g/mol. The van der Waals surface area contributed by atoms with Crippen LogP contribution in [-0.4, -0.2) is 24.5 Å². The molecule has 1 aliphatic rings. The van der Waals surface area contributed by atoms with Gasteiger partial charge >= 0.3 is 0 Å². The summed E-state index contributed by atoms with van der Waals surface area (Å²) in [6.45, 7) is 1.01. The number of benzene rings is 1. The molecular formula is C12H16Cl2N2. The van der Waals surface area contributed by atoms with Crippen LogP contribution in [0.4, 0.5) is 0 Å². The molecule has 0 amide bonds. The first-order valence-electron chi connectivity index (χ1n) is 5.49. The van der Waals surface area contributed by atoms with E-state index in [-0.39, 0.29) is 12.1 Å². The Morgan fingerprint density at radius 3 is 2.88 bits per heavy atom. The van der Waals surface area contributed by atoms with Crippen LogP contribution in [-0.2, 0) is 0 Å². The summed E-state index contributed by atoms with van der Waals surface area (Å²) in [7, 11) is 2.10. The van der Waals surface area contributed by atoms with Crippen molar-refractivity contribution in [3.05, 3.63) is 33.8 Å². The van der Waals surface area contributed by atoms with E-state index in [9.17, 15) is 0 Å². The molecule has 0 aromatic heterocycles. The Labute approximate surface area is 106 Å². The van der Waals surface area contributed by atoms with Crippen LogP contribution in [0.25, 0.3) is 0 Å². The maximum atomic E-state index is 6.24. The number of rotatable bonds is 1. The van der Waals surface area contributed by atoms with Gasteiger partial charge in [0.2, 0.25) is 0 Å². The van der Waals surface area contributed by atoms with Crippen LogP contribution in [0, 0.1) is 0 Å². The molecular weight excluding hydrogens is 243 g/mol. The number of halogens is 2. The zero-order valence-electron chi connectivity index (χ0n) is 9.29. The molecule has 0 radical (unpaired) electrons. The molecule has 0 aliphatic carbocycles. The van der Waals surface area contributed by atoms with Gasteiger partial charge in [-0.25, -0.2) is 0 Å². The third-order valence-electron chi connectivity index (χ3n) is 3.25. The minimum absolute atomic E-state index is 0.260. The Morgan fingerprint density at radius 1 is 1.38 bits per heavy atom. The molecule has 2 N–H and O–H groups in total. The van der Waals surface area contributed by atoms with E-state index >= 15 is 0 Å². The lowest BCUT2D eigenvalue weighted by molar-refractivity contribution is 0.171. The molecule has 1 saturated heterocycles. The van der Waals surface area contributed by atoms with Crippen molar-refractivity contribution in [3.63, 3.8) is 0 Å². The van der Waals surface area contributed by atoms with E-state index in [1.54, 1.807) is 0 Å². The highest BCUT2D eigenvalue weighted by atomic mass is 35.5. The van der Waals surface area contributed by atoms with E-state index in [1.165, 1.54) is 0 Å². The maximum Gasteiger partial charge on any atom is 0.0640 e. The van der Waals surface area contributed by atoms with Crippen molar-refractivity contribution < 1.29 is 0 Å². The van der Waals surface area contributed by atoms with Crippen LogP contribution >= 0.6 is 23.2 Å². The van der Waals surface area contributed by atoms with Gasteiger partial charge in [0.05, 0.1) is 10.0 Å². The van der Waals surface area contributed by atoms with Crippen LogP contribution in [0.5, 0.6) is 0 Å². The maximum absolute atomic E-state index is 6.24. The SMILES string of the molecule is CN1CCC(N)CC1c1cccc(Cl)c1Cl. The highest BCUT2D eigenvalue weighted by molar-refractivity contribution is 6.42. The second kappa shape index (κ2) is 4.92. The summed E-state index contributed by atoms with van der Waals surface area (Å²) < 4.78 is 0. The molecule has 1 aromatic carbocycles. The molecule has 1 aliphatic heterocycles. The third-order valence-corrected chi connectivity index (χ3v) is 4.08. The van der Waals surface area contributed by atoms with E-state index in [0.717, 1.165) is 24.9 Å². The van der Waals surface area contributed by atoms with Crippen molar-refractivity contribution in [1.82, 2.24) is 4.90 Å². The standard InChI is InChI=1S/C12H16Cl2N2/c1-16-6-5-8(15)7-11(16)9-3-2-4-10(13)12(9)14/h2-4,8,11H,5-7,15H2,1H3. The highest BCUT2D eigenvalue weighted by Crippen LogP contribution is 2.36. The number of nitrogens with zero attached hydrogens (tertiary/aromatic N) is 1. The molecule has 1 aromatic rings. The molecule has 2 rings (SSSR count). The summed E-state index contributed by atoms with van der Waals surface area (Å²) in [4.78, 5) is 2.29. The first-order valence-corrected chi connectivity index (χ1v) is 6.25. The Bertz CT molecular complexity index is 381. The largest absolute Gasteiger partial charge is 0.328 e. The molecule has 88 valence electrons. The van der Waals surface area contributed by atoms with E-state index in [2.05, 4.69) is 11.9 Å². The number of likely N-dealkylation sites (tertiary alicyclic amines) is 1. The topological polar surface area (TPSA) is 29.3 Å². The molecule has 2 atom stereocenters. The van der Waals surface area contributed by atoms with Gasteiger partial charge in [0, 0.05) is 12.1 Å². The zero-order valence-corrected chi connectivity index (χ0v) is 10.8. The fourth-order valence-corrected chi connectivity index (χ4v) is 2.69. The Morgan fingerprint density at radius 2 is 2.12 bits per heavy atom. The number of hydrogen-bond acceptors (Lipinski definition) is 2. The quantitative estimate of drug-likeness (QED) is 0.839. The molecule has 1 heterocycles. The molecule has 16 heavy (non-hydrogen) atoms. The lowest BCUT2D eigenvalue weighted by Crippen LogP contribution is -2.40. The van der Waals surface area contributed by atoms with Crippen molar-refractivity contribution in [1.29, 1.82) is 0 Å². The van der Waals surface area contributed by atoms with Gasteiger partial charge in [-0.2, -0.15) is 0 Å². The summed E-state index contributed by atoms with van der Waals surface area (Å²) in [5, 5.41) is 1.28. The average Bonchev–Trinajstić information content (AvgIpc) is 2.26. The van der Waals surface area contributed by atoms with Crippen LogP contribution < -0.4 is 5.73 Å². The molecule has 4 heteroatoms. The minimum atomic E-state index is 0.260. The second-order valence-electron chi connectivity index (χ2n) is 4.42. The summed E-state index contributed by atoms with van der Waals surface area (Å²) in [6.07, 6.45) is 1.99. The van der Waals surface area contributed by atoms with Crippen LogP contribution in [0.3, 0.4) is 0 Å². The fraction of sp³-hybridized carbons (Fsp3) is 0.500. The first-order chi connectivity index (χ1) is 7.59. The smallest absolute Gasteiger partial charge is 0.0640 e. The predicted octanol–water partition coefficient (Wildman–Crippen LogP) is 3.09. The van der Waals surface area contributed by atoms with Gasteiger partial charge in [0.1, 0.15) is 0 Å². The van der Waals surface area contributed by atoms with E-state index < -0.39 is 0 Å². The van der Waals surface area contributed by atoms with Crippen molar-refractivity contribution in [2.45, 2.75) is 24.9 Å². The van der Waals surface area contributed by atoms with Gasteiger partial charge in [-0.15, -0.1) is 0 Å². The lowest BCUT2D eigenvalue weighted by atomic mass is 9.93. The second-order valence-corrected chi connectivity index (χ2v) is 5.21. The Kier molecular flexibility index (Phi) is 3.75. The van der Waals surface area contributed by atoms with E-state index in [0.29, 0.717) is 10.0 Å². The Balaban J connectivity index is 2.31. The number of hydrogen-bond donors (Lipinski definition) is 1. The lowest BCUT2D eigenvalue weighted by Gasteiger charge is -2.36. The predicted molar refractivity (Wildman–Crippen MR) is 69.0 cm³/mol. The third kappa shape index (κ3) is 2.35. The summed E-state index contributed by atoms with van der Waals surface area (Å²) in [5.74, 6) is 0. The summed E-state index contributed by atoms with van der Waals surface area (Å²) in [5.41, 5.74) is 7.10. The number of nitrogens with two attached hydrogens (primary N) is 1. The van der Waals surface area contributed by atoms with Crippen molar-refractivity contribution >= 4 is 23.2 Å². The molecule has 2 nitrogen and oxygen atoms in total. The minimum Gasteiger partial charge on any atom is -0.328 e. The van der Waals surface area contributed by atoms with Crippen LogP contribution in [0.2, 0.25) is 10.0 Å². The van der Waals surface area contributed by atoms with Gasteiger partial charge in [-0.1, -0.05) is 35.3 Å². The molecule has 2 unspecified atom stereocenters. The van der Waals surface area contributed by atoms with Crippen molar-refractivity contribution in [2.24, 2.45) is 5.73 Å². The summed E-state index contributed by atoms with van der Waals surface area (Å²) >= 11 is 12.3. The molecule has 0 bridgehead atoms. The van der Waals surface area contributed by atoms with Gasteiger partial charge in [0.25, 0.3) is 0 Å². The van der Waals surface area contributed by atoms with Crippen LogP contribution in [0.1, 0.15) is 24.4 Å².